The molecule has 0 saturated heterocycles. The lowest BCUT2D eigenvalue weighted by atomic mass is 10.3. The highest BCUT2D eigenvalue weighted by atomic mass is 32.1. The fourth-order valence-corrected chi connectivity index (χ4v) is 1.05. The minimum Gasteiger partial charge on any atom is -0.409 e. The lowest BCUT2D eigenvalue weighted by molar-refractivity contribution is 0.551. The first kappa shape index (κ1) is 7.93. The summed E-state index contributed by atoms with van der Waals surface area (Å²) in [6, 6.07) is 1.39. The lowest BCUT2D eigenvalue weighted by Gasteiger charge is -1.89. The standard InChI is InChI=1S/C7H5N3O2S/c11-5-1-2-8-3-4(5)6-9-10-7(13)12-6/h1-3H,(H,8,11)(H,10,13). The Hall–Kier alpha value is -1.69. The minimum atomic E-state index is -0.163. The normalized spacial score (nSPS) is 10.2. The molecule has 66 valence electrons. The van der Waals surface area contributed by atoms with E-state index < -0.39 is 0 Å². The fraction of sp³-hybridized carbons (Fsp3) is 0. The largest absolute Gasteiger partial charge is 0.409 e. The topological polar surface area (TPSA) is 74.7 Å². The van der Waals surface area contributed by atoms with E-state index in [1.54, 1.807) is 0 Å². The van der Waals surface area contributed by atoms with Gasteiger partial charge < -0.3 is 9.40 Å². The zero-order valence-corrected chi connectivity index (χ0v) is 7.22. The fourth-order valence-electron chi connectivity index (χ4n) is 0.928. The zero-order chi connectivity index (χ0) is 9.26. The summed E-state index contributed by atoms with van der Waals surface area (Å²) in [5.74, 6) is 0.201. The molecular weight excluding hydrogens is 190 g/mol. The van der Waals surface area contributed by atoms with Gasteiger partial charge in [0.25, 0.3) is 10.7 Å². The van der Waals surface area contributed by atoms with Gasteiger partial charge in [-0.2, -0.15) is 0 Å². The summed E-state index contributed by atoms with van der Waals surface area (Å²) >= 11 is 4.68. The summed E-state index contributed by atoms with van der Waals surface area (Å²) in [4.78, 5) is 14.2. The highest BCUT2D eigenvalue weighted by molar-refractivity contribution is 7.71. The van der Waals surface area contributed by atoms with E-state index in [0.29, 0.717) is 5.56 Å². The molecule has 0 amide bonds. The third kappa shape index (κ3) is 1.43. The van der Waals surface area contributed by atoms with Crippen LogP contribution in [0, 0.1) is 4.84 Å². The lowest BCUT2D eigenvalue weighted by Crippen LogP contribution is -2.02. The van der Waals surface area contributed by atoms with Gasteiger partial charge in [-0.1, -0.05) is 0 Å². The maximum Gasteiger partial charge on any atom is 0.284 e. The quantitative estimate of drug-likeness (QED) is 0.668. The zero-order valence-electron chi connectivity index (χ0n) is 6.40. The Morgan fingerprint density at radius 3 is 3.00 bits per heavy atom. The molecule has 0 bridgehead atoms. The van der Waals surface area contributed by atoms with Gasteiger partial charge in [0.05, 0.1) is 0 Å². The number of hydrogen-bond donors (Lipinski definition) is 2. The Morgan fingerprint density at radius 1 is 1.54 bits per heavy atom. The van der Waals surface area contributed by atoms with Crippen LogP contribution >= 0.6 is 12.2 Å². The van der Waals surface area contributed by atoms with Crippen LogP contribution in [-0.2, 0) is 0 Å². The van der Waals surface area contributed by atoms with Crippen molar-refractivity contribution in [3.63, 3.8) is 0 Å². The average molecular weight is 195 g/mol. The summed E-state index contributed by atoms with van der Waals surface area (Å²) in [6.45, 7) is 0. The molecule has 0 aliphatic rings. The van der Waals surface area contributed by atoms with Crippen molar-refractivity contribution >= 4 is 12.2 Å². The van der Waals surface area contributed by atoms with Crippen molar-refractivity contribution in [1.29, 1.82) is 0 Å². The summed E-state index contributed by atoms with van der Waals surface area (Å²) < 4.78 is 4.98. The molecule has 0 spiro atoms. The van der Waals surface area contributed by atoms with Crippen LogP contribution in [0.25, 0.3) is 11.5 Å². The van der Waals surface area contributed by atoms with Gasteiger partial charge >= 0.3 is 0 Å². The number of rotatable bonds is 1. The molecule has 2 N–H and O–H groups in total. The van der Waals surface area contributed by atoms with E-state index >= 15 is 0 Å². The monoisotopic (exact) mass is 195 g/mol. The van der Waals surface area contributed by atoms with E-state index in [0.717, 1.165) is 0 Å². The Morgan fingerprint density at radius 2 is 2.38 bits per heavy atom. The van der Waals surface area contributed by atoms with Crippen LogP contribution in [0.5, 0.6) is 0 Å². The van der Waals surface area contributed by atoms with E-state index in [1.807, 2.05) is 0 Å². The molecule has 2 heterocycles. The Bertz CT molecular complexity index is 525. The van der Waals surface area contributed by atoms with Crippen LogP contribution in [-0.4, -0.2) is 15.2 Å². The first-order valence-corrected chi connectivity index (χ1v) is 3.91. The van der Waals surface area contributed by atoms with Gasteiger partial charge in [0, 0.05) is 18.5 Å². The second kappa shape index (κ2) is 2.98. The molecule has 5 nitrogen and oxygen atoms in total. The Kier molecular flexibility index (Phi) is 1.82. The van der Waals surface area contributed by atoms with Crippen LogP contribution in [0.4, 0.5) is 0 Å². The number of aromatic nitrogens is 3. The number of H-pyrrole nitrogens is 2. The van der Waals surface area contributed by atoms with E-state index in [4.69, 9.17) is 4.42 Å². The summed E-state index contributed by atoms with van der Waals surface area (Å²) in [7, 11) is 0. The van der Waals surface area contributed by atoms with Gasteiger partial charge in [-0.05, 0) is 12.2 Å². The molecule has 0 saturated carbocycles. The van der Waals surface area contributed by atoms with Crippen LogP contribution in [0.2, 0.25) is 0 Å². The average Bonchev–Trinajstić information content (AvgIpc) is 2.53. The van der Waals surface area contributed by atoms with Crippen molar-refractivity contribution in [3.8, 4) is 11.5 Å². The van der Waals surface area contributed by atoms with Crippen LogP contribution in [0.3, 0.4) is 0 Å². The molecule has 0 aromatic carbocycles. The molecule has 13 heavy (non-hydrogen) atoms. The number of aromatic amines is 2. The van der Waals surface area contributed by atoms with Gasteiger partial charge in [0.15, 0.2) is 5.43 Å². The first-order chi connectivity index (χ1) is 6.27. The molecule has 0 radical (unpaired) electrons. The number of pyridine rings is 1. The molecule has 0 aliphatic carbocycles. The van der Waals surface area contributed by atoms with Gasteiger partial charge in [0.2, 0.25) is 0 Å². The highest BCUT2D eigenvalue weighted by Gasteiger charge is 2.06. The SMILES string of the molecule is O=c1cc[nH]cc1-c1n[nH]c(=S)o1. The first-order valence-electron chi connectivity index (χ1n) is 3.50. The van der Waals surface area contributed by atoms with Gasteiger partial charge in [-0.25, -0.2) is 5.10 Å². The third-order valence-electron chi connectivity index (χ3n) is 1.49. The van der Waals surface area contributed by atoms with Crippen molar-refractivity contribution in [2.75, 3.05) is 0 Å². The van der Waals surface area contributed by atoms with Crippen LogP contribution in [0.1, 0.15) is 0 Å². The molecular formula is C7H5N3O2S. The maximum atomic E-state index is 11.3. The second-order valence-electron chi connectivity index (χ2n) is 2.34. The van der Waals surface area contributed by atoms with Crippen molar-refractivity contribution in [1.82, 2.24) is 15.2 Å². The molecule has 6 heteroatoms. The molecule has 0 atom stereocenters. The van der Waals surface area contributed by atoms with Crippen LogP contribution in [0.15, 0.2) is 27.7 Å². The third-order valence-corrected chi connectivity index (χ3v) is 1.67. The Balaban J connectivity index is 2.65. The van der Waals surface area contributed by atoms with E-state index in [2.05, 4.69) is 27.4 Å². The maximum absolute atomic E-state index is 11.3. The van der Waals surface area contributed by atoms with Crippen molar-refractivity contribution < 1.29 is 4.42 Å². The van der Waals surface area contributed by atoms with Crippen LogP contribution < -0.4 is 5.43 Å². The Labute approximate surface area is 77.4 Å². The molecule has 0 aliphatic heterocycles. The molecule has 2 aromatic rings. The molecule has 0 fully saturated rings. The minimum absolute atomic E-state index is 0.151. The summed E-state index contributed by atoms with van der Waals surface area (Å²) in [5, 5.41) is 6.17. The van der Waals surface area contributed by atoms with Gasteiger partial charge in [0.1, 0.15) is 5.56 Å². The van der Waals surface area contributed by atoms with Gasteiger partial charge in [-0.3, -0.25) is 4.79 Å². The predicted octanol–water partition coefficient (Wildman–Crippen LogP) is 1.09. The molecule has 2 rings (SSSR count). The summed E-state index contributed by atoms with van der Waals surface area (Å²) in [6.07, 6.45) is 3.05. The van der Waals surface area contributed by atoms with E-state index in [9.17, 15) is 4.79 Å². The molecule has 2 aromatic heterocycles. The predicted molar refractivity (Wildman–Crippen MR) is 47.7 cm³/mol. The number of nitrogens with one attached hydrogen (secondary N) is 2. The van der Waals surface area contributed by atoms with Gasteiger partial charge in [-0.15, -0.1) is 5.10 Å². The number of nitrogens with zero attached hydrogens (tertiary/aromatic N) is 1. The smallest absolute Gasteiger partial charge is 0.284 e. The van der Waals surface area contributed by atoms with E-state index in [1.165, 1.54) is 18.5 Å². The van der Waals surface area contributed by atoms with Crippen molar-refractivity contribution in [2.45, 2.75) is 0 Å². The summed E-state index contributed by atoms with van der Waals surface area (Å²) in [5.41, 5.74) is 0.193. The molecule has 0 unspecified atom stereocenters. The second-order valence-corrected chi connectivity index (χ2v) is 2.71. The van der Waals surface area contributed by atoms with Crippen molar-refractivity contribution in [3.05, 3.63) is 33.5 Å². The number of hydrogen-bond acceptors (Lipinski definition) is 4. The van der Waals surface area contributed by atoms with Crippen molar-refractivity contribution in [2.24, 2.45) is 0 Å². The van der Waals surface area contributed by atoms with E-state index in [-0.39, 0.29) is 16.2 Å². The highest BCUT2D eigenvalue weighted by Crippen LogP contribution is 2.09.